The van der Waals surface area contributed by atoms with Crippen LogP contribution in [0.25, 0.3) is 11.1 Å². The van der Waals surface area contributed by atoms with E-state index in [0.717, 1.165) is 24.9 Å². The van der Waals surface area contributed by atoms with Crippen molar-refractivity contribution in [2.24, 2.45) is 5.92 Å². The van der Waals surface area contributed by atoms with Crippen molar-refractivity contribution in [2.75, 3.05) is 11.9 Å². The largest absolute Gasteiger partial charge is 0.339 e. The number of nitrogens with one attached hydrogen (secondary N) is 1. The van der Waals surface area contributed by atoms with Gasteiger partial charge in [0, 0.05) is 24.7 Å². The number of benzene rings is 2. The smallest absolute Gasteiger partial charge is 0.229 e. The predicted molar refractivity (Wildman–Crippen MR) is 96.2 cm³/mol. The zero-order valence-electron chi connectivity index (χ0n) is 14.0. The Morgan fingerprint density at radius 1 is 1.04 bits per heavy atom. The minimum absolute atomic E-state index is 0.0352. The van der Waals surface area contributed by atoms with E-state index in [1.54, 1.807) is 0 Å². The molecule has 5 rings (SSSR count). The highest BCUT2D eigenvalue weighted by Gasteiger charge is 2.41. The highest BCUT2D eigenvalue weighted by atomic mass is 16.2. The van der Waals surface area contributed by atoms with Gasteiger partial charge in [-0.3, -0.25) is 9.59 Å². The molecule has 126 valence electrons. The Kier molecular flexibility index (Phi) is 3.20. The summed E-state index contributed by atoms with van der Waals surface area (Å²) in [5, 5.41) is 3.02. The molecule has 0 unspecified atom stereocenters. The van der Waals surface area contributed by atoms with Crippen LogP contribution in [0.15, 0.2) is 42.5 Å². The summed E-state index contributed by atoms with van der Waals surface area (Å²) in [5.41, 5.74) is 5.96. The Morgan fingerprint density at radius 3 is 2.68 bits per heavy atom. The fourth-order valence-electron chi connectivity index (χ4n) is 4.11. The Morgan fingerprint density at radius 2 is 1.84 bits per heavy atom. The third kappa shape index (κ3) is 2.53. The van der Waals surface area contributed by atoms with Crippen molar-refractivity contribution >= 4 is 17.5 Å². The van der Waals surface area contributed by atoms with Gasteiger partial charge in [-0.15, -0.1) is 0 Å². The van der Waals surface area contributed by atoms with Crippen molar-refractivity contribution in [3.05, 3.63) is 53.6 Å². The van der Waals surface area contributed by atoms with Gasteiger partial charge in [-0.05, 0) is 53.6 Å². The van der Waals surface area contributed by atoms with E-state index in [0.29, 0.717) is 19.0 Å². The fourth-order valence-corrected chi connectivity index (χ4v) is 4.11. The molecule has 1 heterocycles. The summed E-state index contributed by atoms with van der Waals surface area (Å²) in [6.45, 7) is 0.575. The van der Waals surface area contributed by atoms with E-state index in [-0.39, 0.29) is 17.7 Å². The lowest BCUT2D eigenvalue weighted by Gasteiger charge is -2.15. The number of rotatable bonds is 3. The first-order chi connectivity index (χ1) is 12.2. The number of carbonyl (C=O) groups excluding carboxylic acids is 2. The minimum atomic E-state index is -0.224. The molecule has 2 aliphatic carbocycles. The van der Waals surface area contributed by atoms with Crippen molar-refractivity contribution < 1.29 is 9.59 Å². The SMILES string of the molecule is O=C(Nc1ccc2c(c1)Cc1ccccc1-2)[C@@H]1CC(=O)N(C2CC2)C1. The van der Waals surface area contributed by atoms with Gasteiger partial charge in [-0.25, -0.2) is 0 Å². The first-order valence-corrected chi connectivity index (χ1v) is 9.00. The van der Waals surface area contributed by atoms with Gasteiger partial charge in [0.1, 0.15) is 0 Å². The highest BCUT2D eigenvalue weighted by molar-refractivity contribution is 5.97. The van der Waals surface area contributed by atoms with E-state index in [4.69, 9.17) is 0 Å². The molecule has 1 atom stereocenters. The lowest BCUT2D eigenvalue weighted by Crippen LogP contribution is -2.29. The van der Waals surface area contributed by atoms with E-state index in [2.05, 4.69) is 41.7 Å². The first-order valence-electron chi connectivity index (χ1n) is 9.00. The molecule has 25 heavy (non-hydrogen) atoms. The van der Waals surface area contributed by atoms with Crippen LogP contribution in [-0.2, 0) is 16.0 Å². The number of hydrogen-bond donors (Lipinski definition) is 1. The topological polar surface area (TPSA) is 49.4 Å². The number of amides is 2. The van der Waals surface area contributed by atoms with Crippen LogP contribution in [0.1, 0.15) is 30.4 Å². The van der Waals surface area contributed by atoms with Crippen LogP contribution >= 0.6 is 0 Å². The summed E-state index contributed by atoms with van der Waals surface area (Å²) in [6, 6.07) is 15.0. The molecule has 0 aromatic heterocycles. The second kappa shape index (κ2) is 5.45. The van der Waals surface area contributed by atoms with Crippen molar-refractivity contribution in [3.63, 3.8) is 0 Å². The third-order valence-electron chi connectivity index (χ3n) is 5.58. The molecular weight excluding hydrogens is 312 g/mol. The second-order valence-corrected chi connectivity index (χ2v) is 7.37. The summed E-state index contributed by atoms with van der Waals surface area (Å²) in [6.07, 6.45) is 3.43. The Labute approximate surface area is 146 Å². The molecule has 2 amide bonds. The molecule has 0 spiro atoms. The van der Waals surface area contributed by atoms with Gasteiger partial charge in [-0.2, -0.15) is 0 Å². The summed E-state index contributed by atoms with van der Waals surface area (Å²) in [7, 11) is 0. The quantitative estimate of drug-likeness (QED) is 0.801. The minimum Gasteiger partial charge on any atom is -0.339 e. The average molecular weight is 332 g/mol. The Hall–Kier alpha value is -2.62. The molecular formula is C21H20N2O2. The zero-order chi connectivity index (χ0) is 17.0. The third-order valence-corrected chi connectivity index (χ3v) is 5.58. The molecule has 0 bridgehead atoms. The molecule has 1 aliphatic heterocycles. The normalized spacial score (nSPS) is 21.2. The number of hydrogen-bond acceptors (Lipinski definition) is 2. The molecule has 2 fully saturated rings. The Balaban J connectivity index is 1.31. The number of fused-ring (bicyclic) bond motifs is 3. The Bertz CT molecular complexity index is 885. The van der Waals surface area contributed by atoms with E-state index >= 15 is 0 Å². The van der Waals surface area contributed by atoms with Crippen molar-refractivity contribution in [1.82, 2.24) is 4.90 Å². The summed E-state index contributed by atoms with van der Waals surface area (Å²) >= 11 is 0. The summed E-state index contributed by atoms with van der Waals surface area (Å²) < 4.78 is 0. The van der Waals surface area contributed by atoms with E-state index in [1.807, 2.05) is 11.0 Å². The standard InChI is InChI=1S/C21H20N2O2/c24-20-11-15(12-23(20)17-6-7-17)21(25)22-16-5-8-19-14(10-16)9-13-3-1-2-4-18(13)19/h1-5,8,10,15,17H,6-7,9,11-12H2,(H,22,25)/t15-/m1/s1. The fraction of sp³-hybridized carbons (Fsp3) is 0.333. The highest BCUT2D eigenvalue weighted by Crippen LogP contribution is 2.38. The van der Waals surface area contributed by atoms with Crippen LogP contribution in [0.2, 0.25) is 0 Å². The number of likely N-dealkylation sites (tertiary alicyclic amines) is 1. The molecule has 1 saturated heterocycles. The molecule has 2 aromatic rings. The number of carbonyl (C=O) groups is 2. The average Bonchev–Trinajstić information content (AvgIpc) is 3.27. The van der Waals surface area contributed by atoms with Crippen LogP contribution < -0.4 is 5.32 Å². The predicted octanol–water partition coefficient (Wildman–Crippen LogP) is 3.21. The van der Waals surface area contributed by atoms with Gasteiger partial charge in [0.05, 0.1) is 5.92 Å². The number of anilines is 1. The zero-order valence-corrected chi connectivity index (χ0v) is 14.0. The van der Waals surface area contributed by atoms with Crippen LogP contribution in [-0.4, -0.2) is 29.3 Å². The summed E-state index contributed by atoms with van der Waals surface area (Å²) in [4.78, 5) is 26.5. The van der Waals surface area contributed by atoms with E-state index < -0.39 is 0 Å². The van der Waals surface area contributed by atoms with E-state index in [9.17, 15) is 9.59 Å². The maximum absolute atomic E-state index is 12.6. The summed E-state index contributed by atoms with van der Waals surface area (Å²) in [5.74, 6) is -0.127. The van der Waals surface area contributed by atoms with Crippen LogP contribution in [0.4, 0.5) is 5.69 Å². The molecule has 2 aromatic carbocycles. The van der Waals surface area contributed by atoms with E-state index in [1.165, 1.54) is 22.3 Å². The maximum atomic E-state index is 12.6. The van der Waals surface area contributed by atoms with Gasteiger partial charge in [0.25, 0.3) is 0 Å². The monoisotopic (exact) mass is 332 g/mol. The van der Waals surface area contributed by atoms with Gasteiger partial charge in [-0.1, -0.05) is 30.3 Å². The molecule has 1 saturated carbocycles. The lowest BCUT2D eigenvalue weighted by molar-refractivity contribution is -0.128. The van der Waals surface area contributed by atoms with Gasteiger partial charge in [0.2, 0.25) is 11.8 Å². The maximum Gasteiger partial charge on any atom is 0.229 e. The molecule has 4 nitrogen and oxygen atoms in total. The van der Waals surface area contributed by atoms with Gasteiger partial charge in [0.15, 0.2) is 0 Å². The van der Waals surface area contributed by atoms with Gasteiger partial charge < -0.3 is 10.2 Å². The van der Waals surface area contributed by atoms with Crippen molar-refractivity contribution in [3.8, 4) is 11.1 Å². The van der Waals surface area contributed by atoms with Crippen LogP contribution in [0.3, 0.4) is 0 Å². The molecule has 4 heteroatoms. The lowest BCUT2D eigenvalue weighted by atomic mass is 10.0. The van der Waals surface area contributed by atoms with Gasteiger partial charge >= 0.3 is 0 Å². The molecule has 0 radical (unpaired) electrons. The van der Waals surface area contributed by atoms with Crippen LogP contribution in [0.5, 0.6) is 0 Å². The van der Waals surface area contributed by atoms with Crippen molar-refractivity contribution in [1.29, 1.82) is 0 Å². The van der Waals surface area contributed by atoms with Crippen LogP contribution in [0, 0.1) is 5.92 Å². The second-order valence-electron chi connectivity index (χ2n) is 7.37. The molecule has 3 aliphatic rings. The first kappa shape index (κ1) is 14.7. The van der Waals surface area contributed by atoms with Crippen molar-refractivity contribution in [2.45, 2.75) is 31.7 Å². The number of nitrogens with zero attached hydrogens (tertiary/aromatic N) is 1. The molecule has 1 N–H and O–H groups in total.